The van der Waals surface area contributed by atoms with Gasteiger partial charge in [0.15, 0.2) is 11.5 Å². The van der Waals surface area contributed by atoms with Crippen LogP contribution in [0.5, 0.6) is 11.5 Å². The number of hydrogen-bond acceptors (Lipinski definition) is 7. The Labute approximate surface area is 175 Å². The molecule has 0 radical (unpaired) electrons. The molecule has 0 aliphatic carbocycles. The van der Waals surface area contributed by atoms with E-state index in [4.69, 9.17) is 15.2 Å². The summed E-state index contributed by atoms with van der Waals surface area (Å²) in [6.07, 6.45) is 1.99. The monoisotopic (exact) mass is 423 g/mol. The van der Waals surface area contributed by atoms with Crippen LogP contribution in [0.1, 0.15) is 31.9 Å². The largest absolute Gasteiger partial charge is 0.454 e. The standard InChI is InChI=1S/C21H17N3O5S/c1-12-18(7-13-5-3-2-4-6-13)30-21(19(12)20(22)25)23-10-14-8-16-17(29-11-28-16)9-15(14)24(26)27/h2-6,8-10H,7,11H2,1H3,(H2,22,25). The summed E-state index contributed by atoms with van der Waals surface area (Å²) < 4.78 is 10.5. The lowest BCUT2D eigenvalue weighted by atomic mass is 10.1. The maximum atomic E-state index is 12.1. The minimum absolute atomic E-state index is 0.00583. The second-order valence-corrected chi connectivity index (χ2v) is 7.72. The van der Waals surface area contributed by atoms with Gasteiger partial charge >= 0.3 is 0 Å². The van der Waals surface area contributed by atoms with Crippen molar-refractivity contribution in [1.82, 2.24) is 0 Å². The van der Waals surface area contributed by atoms with Crippen molar-refractivity contribution in [3.05, 3.63) is 79.7 Å². The molecule has 0 saturated carbocycles. The van der Waals surface area contributed by atoms with Gasteiger partial charge in [-0.1, -0.05) is 30.3 Å². The molecule has 2 N–H and O–H groups in total. The summed E-state index contributed by atoms with van der Waals surface area (Å²) >= 11 is 1.34. The number of aliphatic imine (C=N–C) groups is 1. The van der Waals surface area contributed by atoms with Crippen LogP contribution in [0, 0.1) is 17.0 Å². The fraction of sp³-hybridized carbons (Fsp3) is 0.143. The number of primary amides is 1. The fourth-order valence-electron chi connectivity index (χ4n) is 3.21. The number of nitro groups is 1. The predicted octanol–water partition coefficient (Wildman–Crippen LogP) is 4.13. The molecular formula is C21H17N3O5S. The Balaban J connectivity index is 1.73. The van der Waals surface area contributed by atoms with Crippen LogP contribution in [-0.2, 0) is 6.42 Å². The first kappa shape index (κ1) is 19.6. The molecule has 1 aliphatic rings. The van der Waals surface area contributed by atoms with Crippen LogP contribution in [0.25, 0.3) is 0 Å². The predicted molar refractivity (Wildman–Crippen MR) is 113 cm³/mol. The highest BCUT2D eigenvalue weighted by Gasteiger charge is 2.23. The van der Waals surface area contributed by atoms with E-state index in [2.05, 4.69) is 4.99 Å². The molecular weight excluding hydrogens is 406 g/mol. The van der Waals surface area contributed by atoms with E-state index in [1.807, 2.05) is 37.3 Å². The lowest BCUT2D eigenvalue weighted by Gasteiger charge is -2.01. The first-order chi connectivity index (χ1) is 14.4. The second-order valence-electron chi connectivity index (χ2n) is 6.64. The van der Waals surface area contributed by atoms with Crippen molar-refractivity contribution in [2.24, 2.45) is 10.7 Å². The van der Waals surface area contributed by atoms with Crippen molar-refractivity contribution in [3.63, 3.8) is 0 Å². The Bertz CT molecular complexity index is 1170. The Kier molecular flexibility index (Phi) is 5.20. The van der Waals surface area contributed by atoms with Crippen LogP contribution < -0.4 is 15.2 Å². The Morgan fingerprint density at radius 2 is 1.97 bits per heavy atom. The van der Waals surface area contributed by atoms with Crippen molar-refractivity contribution in [3.8, 4) is 11.5 Å². The summed E-state index contributed by atoms with van der Waals surface area (Å²) in [6, 6.07) is 12.6. The molecule has 3 aromatic rings. The Hall–Kier alpha value is -3.72. The third kappa shape index (κ3) is 3.74. The average molecular weight is 423 g/mol. The molecule has 0 spiro atoms. The number of ether oxygens (including phenoxy) is 2. The van der Waals surface area contributed by atoms with Gasteiger partial charge in [0.2, 0.25) is 6.79 Å². The van der Waals surface area contributed by atoms with Gasteiger partial charge in [-0.2, -0.15) is 0 Å². The van der Waals surface area contributed by atoms with Gasteiger partial charge in [-0.15, -0.1) is 11.3 Å². The smallest absolute Gasteiger partial charge is 0.282 e. The Morgan fingerprint density at radius 3 is 2.63 bits per heavy atom. The lowest BCUT2D eigenvalue weighted by molar-refractivity contribution is -0.385. The average Bonchev–Trinajstić information content (AvgIpc) is 3.30. The van der Waals surface area contributed by atoms with E-state index in [-0.39, 0.29) is 18.0 Å². The highest BCUT2D eigenvalue weighted by Crippen LogP contribution is 2.39. The number of fused-ring (bicyclic) bond motifs is 1. The quantitative estimate of drug-likeness (QED) is 0.363. The SMILES string of the molecule is Cc1c(Cc2ccccc2)sc(N=Cc2cc3c(cc2[N+](=O)[O-])OCO3)c1C(N)=O. The molecule has 1 aliphatic heterocycles. The van der Waals surface area contributed by atoms with Crippen LogP contribution in [0.15, 0.2) is 47.5 Å². The molecule has 1 aromatic heterocycles. The van der Waals surface area contributed by atoms with Gasteiger partial charge in [-0.05, 0) is 24.1 Å². The number of amides is 1. The molecule has 30 heavy (non-hydrogen) atoms. The van der Waals surface area contributed by atoms with Crippen LogP contribution in [0.2, 0.25) is 0 Å². The van der Waals surface area contributed by atoms with Gasteiger partial charge in [0.25, 0.3) is 11.6 Å². The lowest BCUT2D eigenvalue weighted by Crippen LogP contribution is -2.11. The zero-order valence-corrected chi connectivity index (χ0v) is 16.8. The first-order valence-electron chi connectivity index (χ1n) is 9.02. The van der Waals surface area contributed by atoms with E-state index in [0.717, 1.165) is 16.0 Å². The number of thiophene rings is 1. The normalized spacial score (nSPS) is 12.4. The van der Waals surface area contributed by atoms with Crippen LogP contribution in [0.4, 0.5) is 10.7 Å². The van der Waals surface area contributed by atoms with Crippen LogP contribution >= 0.6 is 11.3 Å². The number of benzene rings is 2. The van der Waals surface area contributed by atoms with E-state index in [1.54, 1.807) is 0 Å². The number of nitrogens with zero attached hydrogens (tertiary/aromatic N) is 2. The molecule has 0 unspecified atom stereocenters. The third-order valence-corrected chi connectivity index (χ3v) is 5.92. The summed E-state index contributed by atoms with van der Waals surface area (Å²) in [5.74, 6) is 0.133. The Morgan fingerprint density at radius 1 is 1.27 bits per heavy atom. The molecule has 0 fully saturated rings. The molecule has 152 valence electrons. The number of rotatable bonds is 6. The topological polar surface area (TPSA) is 117 Å². The molecule has 9 heteroatoms. The summed E-state index contributed by atoms with van der Waals surface area (Å²) in [5.41, 5.74) is 7.86. The van der Waals surface area contributed by atoms with Gasteiger partial charge in [0.1, 0.15) is 5.00 Å². The van der Waals surface area contributed by atoms with Crippen molar-refractivity contribution in [2.75, 3.05) is 6.79 Å². The number of nitrogens with two attached hydrogens (primary N) is 1. The summed E-state index contributed by atoms with van der Waals surface area (Å²) in [5, 5.41) is 11.9. The zero-order chi connectivity index (χ0) is 21.3. The molecule has 2 heterocycles. The van der Waals surface area contributed by atoms with Crippen molar-refractivity contribution in [1.29, 1.82) is 0 Å². The van der Waals surface area contributed by atoms with Crippen LogP contribution in [-0.4, -0.2) is 23.8 Å². The van der Waals surface area contributed by atoms with Gasteiger partial charge in [-0.3, -0.25) is 14.9 Å². The summed E-state index contributed by atoms with van der Waals surface area (Å²) in [6.45, 7) is 1.84. The maximum Gasteiger partial charge on any atom is 0.282 e. The minimum Gasteiger partial charge on any atom is -0.454 e. The van der Waals surface area contributed by atoms with E-state index < -0.39 is 10.8 Å². The van der Waals surface area contributed by atoms with Crippen molar-refractivity contribution in [2.45, 2.75) is 13.3 Å². The van der Waals surface area contributed by atoms with Crippen LogP contribution in [0.3, 0.4) is 0 Å². The number of carbonyl (C=O) groups excluding carboxylic acids is 1. The highest BCUT2D eigenvalue weighted by molar-refractivity contribution is 7.16. The zero-order valence-electron chi connectivity index (χ0n) is 16.0. The molecule has 4 rings (SSSR count). The van der Waals surface area contributed by atoms with Gasteiger partial charge in [0, 0.05) is 17.5 Å². The van der Waals surface area contributed by atoms with Gasteiger partial charge in [0.05, 0.1) is 22.1 Å². The fourth-order valence-corrected chi connectivity index (χ4v) is 4.40. The van der Waals surface area contributed by atoms with Gasteiger partial charge < -0.3 is 15.2 Å². The molecule has 0 saturated heterocycles. The highest BCUT2D eigenvalue weighted by atomic mass is 32.1. The van der Waals surface area contributed by atoms with Crippen molar-refractivity contribution < 1.29 is 19.2 Å². The van der Waals surface area contributed by atoms with E-state index in [9.17, 15) is 14.9 Å². The summed E-state index contributed by atoms with van der Waals surface area (Å²) in [7, 11) is 0. The number of hydrogen-bond donors (Lipinski definition) is 1. The molecule has 0 atom stereocenters. The number of nitro benzene ring substituents is 1. The molecule has 8 nitrogen and oxygen atoms in total. The molecule has 1 amide bonds. The second kappa shape index (κ2) is 7.96. The van der Waals surface area contributed by atoms with E-state index >= 15 is 0 Å². The molecule has 0 bridgehead atoms. The maximum absolute atomic E-state index is 12.1. The van der Waals surface area contributed by atoms with E-state index in [0.29, 0.717) is 28.5 Å². The number of carbonyl (C=O) groups is 1. The van der Waals surface area contributed by atoms with E-state index in [1.165, 1.54) is 29.7 Å². The minimum atomic E-state index is -0.588. The molecule has 2 aromatic carbocycles. The van der Waals surface area contributed by atoms with Crippen molar-refractivity contribution >= 4 is 34.1 Å². The van der Waals surface area contributed by atoms with Gasteiger partial charge in [-0.25, -0.2) is 4.99 Å². The third-order valence-electron chi connectivity index (χ3n) is 4.72. The summed E-state index contributed by atoms with van der Waals surface area (Å²) in [4.78, 5) is 28.3. The first-order valence-corrected chi connectivity index (χ1v) is 9.83.